The number of amides is 1. The Labute approximate surface area is 136 Å². The van der Waals surface area contributed by atoms with E-state index >= 15 is 0 Å². The fourth-order valence-corrected chi connectivity index (χ4v) is 4.17. The Balaban J connectivity index is 1.79. The molecule has 0 spiro atoms. The number of hydrogen-bond donors (Lipinski definition) is 0. The first-order valence-electron chi connectivity index (χ1n) is 7.39. The van der Waals surface area contributed by atoms with Gasteiger partial charge in [-0.3, -0.25) is 4.79 Å². The van der Waals surface area contributed by atoms with E-state index in [1.807, 2.05) is 52.0 Å². The fraction of sp³-hybridized carbons (Fsp3) is 0.118. The van der Waals surface area contributed by atoms with Crippen LogP contribution < -0.4 is 4.90 Å². The average Bonchev–Trinajstić information content (AvgIpc) is 3.03. The van der Waals surface area contributed by atoms with Gasteiger partial charge in [0.15, 0.2) is 0 Å². The molecule has 2 aliphatic rings. The third-order valence-corrected chi connectivity index (χ3v) is 5.26. The number of para-hydroxylation sites is 2. The summed E-state index contributed by atoms with van der Waals surface area (Å²) in [7, 11) is 0. The number of carbonyl (C=O) groups is 1. The Hall–Kier alpha value is -2.60. The molecule has 112 valence electrons. The maximum Gasteiger partial charge on any atom is 0.237 e. The van der Waals surface area contributed by atoms with Crippen LogP contribution in [0.1, 0.15) is 5.69 Å². The molecule has 0 atom stereocenters. The zero-order valence-corrected chi connectivity index (χ0v) is 13.0. The molecule has 2 aliphatic heterocycles. The minimum atomic E-state index is 0.134. The first kappa shape index (κ1) is 12.9. The Bertz CT molecular complexity index is 935. The second-order valence-electron chi connectivity index (χ2n) is 5.55. The SMILES string of the molecule is O=C1CSc2cccc3c2N1Cc1nnn(-c2ccccc2)c1-3. The third-order valence-electron chi connectivity index (χ3n) is 4.22. The molecule has 1 aromatic heterocycles. The molecule has 5 nitrogen and oxygen atoms in total. The number of benzene rings is 2. The zero-order chi connectivity index (χ0) is 15.4. The van der Waals surface area contributed by atoms with Crippen LogP contribution in [0.3, 0.4) is 0 Å². The zero-order valence-electron chi connectivity index (χ0n) is 12.1. The van der Waals surface area contributed by atoms with Gasteiger partial charge in [-0.25, -0.2) is 4.68 Å². The summed E-state index contributed by atoms with van der Waals surface area (Å²) in [4.78, 5) is 15.3. The largest absolute Gasteiger partial charge is 0.304 e. The highest BCUT2D eigenvalue weighted by atomic mass is 32.2. The van der Waals surface area contributed by atoms with Crippen molar-refractivity contribution in [1.82, 2.24) is 15.0 Å². The summed E-state index contributed by atoms with van der Waals surface area (Å²) in [5, 5.41) is 8.66. The molecule has 0 unspecified atom stereocenters. The number of rotatable bonds is 1. The van der Waals surface area contributed by atoms with E-state index in [4.69, 9.17) is 0 Å². The molecule has 0 aliphatic carbocycles. The van der Waals surface area contributed by atoms with Gasteiger partial charge in [0.2, 0.25) is 5.91 Å². The van der Waals surface area contributed by atoms with Crippen molar-refractivity contribution in [2.75, 3.05) is 10.7 Å². The van der Waals surface area contributed by atoms with E-state index in [-0.39, 0.29) is 5.91 Å². The summed E-state index contributed by atoms with van der Waals surface area (Å²) in [6, 6.07) is 16.1. The number of thioether (sulfide) groups is 1. The van der Waals surface area contributed by atoms with Crippen LogP contribution >= 0.6 is 11.8 Å². The predicted octanol–water partition coefficient (Wildman–Crippen LogP) is 2.89. The molecule has 6 heteroatoms. The summed E-state index contributed by atoms with van der Waals surface area (Å²) in [6.45, 7) is 0.492. The molecule has 0 fully saturated rings. The minimum absolute atomic E-state index is 0.134. The van der Waals surface area contributed by atoms with Gasteiger partial charge in [0.25, 0.3) is 0 Å². The van der Waals surface area contributed by atoms with Gasteiger partial charge in [0.05, 0.1) is 23.7 Å². The first-order valence-corrected chi connectivity index (χ1v) is 8.38. The van der Waals surface area contributed by atoms with Crippen molar-refractivity contribution in [1.29, 1.82) is 0 Å². The Morgan fingerprint density at radius 1 is 1.04 bits per heavy atom. The highest BCUT2D eigenvalue weighted by Crippen LogP contribution is 2.47. The number of carbonyl (C=O) groups excluding carboxylic acids is 1. The molecule has 5 rings (SSSR count). The lowest BCUT2D eigenvalue weighted by Gasteiger charge is -2.33. The molecule has 3 aromatic rings. The van der Waals surface area contributed by atoms with Gasteiger partial charge >= 0.3 is 0 Å². The molecule has 0 N–H and O–H groups in total. The lowest BCUT2D eigenvalue weighted by Crippen LogP contribution is -2.37. The molecular weight excluding hydrogens is 308 g/mol. The Morgan fingerprint density at radius 2 is 1.91 bits per heavy atom. The third kappa shape index (κ3) is 1.78. The normalized spacial score (nSPS) is 15.3. The van der Waals surface area contributed by atoms with Crippen LogP contribution in [-0.2, 0) is 11.3 Å². The number of fused-ring (bicyclic) bond motifs is 2. The number of aromatic nitrogens is 3. The van der Waals surface area contributed by atoms with Crippen molar-refractivity contribution in [2.24, 2.45) is 0 Å². The molecule has 0 saturated heterocycles. The van der Waals surface area contributed by atoms with Gasteiger partial charge < -0.3 is 4.90 Å². The lowest BCUT2D eigenvalue weighted by molar-refractivity contribution is -0.116. The Kier molecular flexibility index (Phi) is 2.63. The van der Waals surface area contributed by atoms with Crippen molar-refractivity contribution in [3.8, 4) is 16.9 Å². The Morgan fingerprint density at radius 3 is 2.78 bits per heavy atom. The number of hydrogen-bond acceptors (Lipinski definition) is 4. The highest BCUT2D eigenvalue weighted by molar-refractivity contribution is 8.00. The van der Waals surface area contributed by atoms with E-state index < -0.39 is 0 Å². The van der Waals surface area contributed by atoms with Crippen molar-refractivity contribution in [3.05, 3.63) is 54.2 Å². The second kappa shape index (κ2) is 4.70. The van der Waals surface area contributed by atoms with Crippen LogP contribution in [0.5, 0.6) is 0 Å². The van der Waals surface area contributed by atoms with Crippen molar-refractivity contribution in [2.45, 2.75) is 11.4 Å². The van der Waals surface area contributed by atoms with Gasteiger partial charge in [0.1, 0.15) is 11.4 Å². The maximum atomic E-state index is 12.3. The van der Waals surface area contributed by atoms with Gasteiger partial charge in [-0.15, -0.1) is 16.9 Å². The van der Waals surface area contributed by atoms with Crippen molar-refractivity contribution in [3.63, 3.8) is 0 Å². The summed E-state index contributed by atoms with van der Waals surface area (Å²) in [6.07, 6.45) is 0. The monoisotopic (exact) mass is 320 g/mol. The molecule has 3 heterocycles. The first-order chi connectivity index (χ1) is 11.3. The predicted molar refractivity (Wildman–Crippen MR) is 88.7 cm³/mol. The maximum absolute atomic E-state index is 12.3. The molecule has 0 radical (unpaired) electrons. The van der Waals surface area contributed by atoms with Crippen LogP contribution in [0.25, 0.3) is 16.9 Å². The van der Waals surface area contributed by atoms with E-state index in [0.717, 1.165) is 33.2 Å². The fourth-order valence-electron chi connectivity index (χ4n) is 3.21. The van der Waals surface area contributed by atoms with Crippen LogP contribution in [0.15, 0.2) is 53.4 Å². The minimum Gasteiger partial charge on any atom is -0.304 e. The van der Waals surface area contributed by atoms with Gasteiger partial charge in [-0.2, -0.15) is 0 Å². The smallest absolute Gasteiger partial charge is 0.237 e. The molecule has 2 aromatic carbocycles. The van der Waals surface area contributed by atoms with E-state index in [1.54, 1.807) is 11.8 Å². The molecular formula is C17H12N4OS. The van der Waals surface area contributed by atoms with Crippen LogP contribution in [0.4, 0.5) is 5.69 Å². The molecule has 23 heavy (non-hydrogen) atoms. The van der Waals surface area contributed by atoms with E-state index in [2.05, 4.69) is 16.4 Å². The highest BCUT2D eigenvalue weighted by Gasteiger charge is 2.35. The van der Waals surface area contributed by atoms with E-state index in [0.29, 0.717) is 12.3 Å². The summed E-state index contributed by atoms with van der Waals surface area (Å²) in [5.74, 6) is 0.619. The average molecular weight is 320 g/mol. The van der Waals surface area contributed by atoms with Crippen LogP contribution in [-0.4, -0.2) is 26.7 Å². The molecule has 1 amide bonds. The quantitative estimate of drug-likeness (QED) is 0.692. The van der Waals surface area contributed by atoms with Crippen molar-refractivity contribution >= 4 is 23.4 Å². The summed E-state index contributed by atoms with van der Waals surface area (Å²) >= 11 is 1.60. The lowest BCUT2D eigenvalue weighted by atomic mass is 10.0. The van der Waals surface area contributed by atoms with Gasteiger partial charge in [-0.05, 0) is 18.2 Å². The molecule has 0 saturated carbocycles. The molecule has 0 bridgehead atoms. The van der Waals surface area contributed by atoms with Gasteiger partial charge in [0, 0.05) is 10.5 Å². The van der Waals surface area contributed by atoms with Crippen LogP contribution in [0, 0.1) is 0 Å². The standard InChI is InChI=1S/C17H12N4OS/c22-15-10-23-14-8-4-7-12-16-13(9-20(15)17(12)14)18-19-21(16)11-5-2-1-3-6-11/h1-8H,9-10H2. The number of nitrogens with zero attached hydrogens (tertiary/aromatic N) is 4. The number of anilines is 1. The van der Waals surface area contributed by atoms with Gasteiger partial charge in [-0.1, -0.05) is 35.5 Å². The second-order valence-corrected chi connectivity index (χ2v) is 6.57. The summed E-state index contributed by atoms with van der Waals surface area (Å²) < 4.78 is 1.87. The van der Waals surface area contributed by atoms with Crippen LogP contribution in [0.2, 0.25) is 0 Å². The van der Waals surface area contributed by atoms with E-state index in [1.165, 1.54) is 0 Å². The topological polar surface area (TPSA) is 51.0 Å². The van der Waals surface area contributed by atoms with E-state index in [9.17, 15) is 4.79 Å². The van der Waals surface area contributed by atoms with Crippen molar-refractivity contribution < 1.29 is 4.79 Å². The summed E-state index contributed by atoms with van der Waals surface area (Å²) in [5.41, 5.74) is 4.83.